The maximum atomic E-state index is 14.8. The Kier molecular flexibility index (Phi) is 13.0. The predicted octanol–water partition coefficient (Wildman–Crippen LogP) is 5.39. The summed E-state index contributed by atoms with van der Waals surface area (Å²) in [6.07, 6.45) is 15.2. The molecule has 0 spiro atoms. The quantitative estimate of drug-likeness (QED) is 0.155. The molecule has 3 aliphatic carbocycles. The van der Waals surface area contributed by atoms with Crippen LogP contribution in [0.4, 0.5) is 0 Å². The lowest BCUT2D eigenvalue weighted by atomic mass is 9.90. The first kappa shape index (κ1) is 42.6. The van der Waals surface area contributed by atoms with Crippen molar-refractivity contribution in [3.8, 4) is 11.6 Å². The number of rotatable bonds is 13. The van der Waals surface area contributed by atoms with Gasteiger partial charge in [0.15, 0.2) is 5.78 Å². The fourth-order valence-corrected chi connectivity index (χ4v) is 10.7. The van der Waals surface area contributed by atoms with Crippen LogP contribution in [0.15, 0.2) is 47.9 Å². The molecule has 7 rings (SSSR count). The van der Waals surface area contributed by atoms with Crippen LogP contribution in [0, 0.1) is 23.2 Å². The minimum absolute atomic E-state index is 0.0327. The van der Waals surface area contributed by atoms with E-state index in [1.54, 1.807) is 24.4 Å². The minimum atomic E-state index is -3.88. The number of Topliss-reactive ketones (excluding diaryl/α,β-unsaturated/α-hetero) is 1. The Bertz CT molecular complexity index is 2150. The van der Waals surface area contributed by atoms with E-state index in [-0.39, 0.29) is 68.0 Å². The van der Waals surface area contributed by atoms with Crippen molar-refractivity contribution >= 4 is 39.2 Å². The zero-order valence-electron chi connectivity index (χ0n) is 34.3. The van der Waals surface area contributed by atoms with Crippen LogP contribution >= 0.6 is 0 Å². The average molecular weight is 835 g/mol. The molecule has 3 saturated carbocycles. The molecule has 5 aliphatic rings. The van der Waals surface area contributed by atoms with E-state index in [1.165, 1.54) is 16.4 Å². The molecule has 2 bridgehead atoms. The topological polar surface area (TPSA) is 180 Å². The number of allylic oxidation sites excluding steroid dienone is 3. The number of hydrogen-bond acceptors (Lipinski definition) is 11. The maximum Gasteiger partial charge on any atom is 0.306 e. The lowest BCUT2D eigenvalue weighted by molar-refractivity contribution is -0.155. The molecule has 7 atom stereocenters. The fourth-order valence-electron chi connectivity index (χ4n) is 9.33. The first-order valence-corrected chi connectivity index (χ1v) is 23.0. The van der Waals surface area contributed by atoms with Crippen LogP contribution in [0.2, 0.25) is 0 Å². The van der Waals surface area contributed by atoms with Crippen LogP contribution < -0.4 is 19.8 Å². The van der Waals surface area contributed by atoms with Crippen molar-refractivity contribution in [2.24, 2.45) is 23.2 Å². The molecule has 2 aliphatic heterocycles. The SMILES string of the molecule is C=C[C@H]1C[C@]1(CC(=O)[C@@H]1C[C@@H]2CN1C(=O)[C@H](CCCCCC)CC(=O)O[C@@H]1CCC[C@H]1CC/C=C/Cc1c(nc3cc(OC)ccn3c1=O)O2)C(=O)NS(=O)(=O)C1CC1. The molecular weight excluding hydrogens is 777 g/mol. The van der Waals surface area contributed by atoms with Gasteiger partial charge in [-0.3, -0.25) is 33.1 Å². The predicted molar refractivity (Wildman–Crippen MR) is 219 cm³/mol. The lowest BCUT2D eigenvalue weighted by Crippen LogP contribution is -2.46. The van der Waals surface area contributed by atoms with E-state index in [2.05, 4.69) is 18.2 Å². The normalized spacial score (nSPS) is 29.3. The Hall–Kier alpha value is -4.53. The highest BCUT2D eigenvalue weighted by molar-refractivity contribution is 7.90. The Labute approximate surface area is 346 Å². The molecular formula is C44H58N4O10S. The van der Waals surface area contributed by atoms with Crippen molar-refractivity contribution in [1.29, 1.82) is 0 Å². The fraction of sp³-hybridized carbons (Fsp3) is 0.636. The zero-order chi connectivity index (χ0) is 41.9. The number of nitrogens with zero attached hydrogens (tertiary/aromatic N) is 3. The van der Waals surface area contributed by atoms with Crippen molar-refractivity contribution in [2.45, 2.75) is 140 Å². The second kappa shape index (κ2) is 18.0. The third-order valence-corrected chi connectivity index (χ3v) is 14.9. The summed E-state index contributed by atoms with van der Waals surface area (Å²) in [7, 11) is -2.36. The monoisotopic (exact) mass is 834 g/mol. The first-order valence-electron chi connectivity index (χ1n) is 21.5. The van der Waals surface area contributed by atoms with Crippen LogP contribution in [-0.4, -0.2) is 83.4 Å². The van der Waals surface area contributed by atoms with Crippen molar-refractivity contribution < 1.29 is 41.8 Å². The standard InChI is InChI=1S/C44H58N4O10S/c1-4-6-7-9-14-29-22-39(50)58-37-17-12-15-28(37)13-10-8-11-16-34-40(45-38-24-31(56-3)20-21-47(38)42(34)52)57-32-23-35(48(27-32)41(29)51)36(49)26-44(25-30(44)5-2)43(53)46-59(54,55)33-18-19-33/h5,8,11,20-21,24,28-30,32-33,35,37H,2,4,6-7,9-10,12-19,22-23,25-27H2,1,3H3,(H,46,53)/b11-8+/t28-,29-,30+,32-,35+,37-,44-/m1/s1. The Morgan fingerprint density at radius 1 is 1.08 bits per heavy atom. The summed E-state index contributed by atoms with van der Waals surface area (Å²) in [5.74, 6) is -2.39. The summed E-state index contributed by atoms with van der Waals surface area (Å²) >= 11 is 0. The number of fused-ring (bicyclic) bond motifs is 5. The molecule has 0 unspecified atom stereocenters. The smallest absolute Gasteiger partial charge is 0.306 e. The molecule has 15 heteroatoms. The number of carbonyl (C=O) groups excluding carboxylic acids is 4. The van der Waals surface area contributed by atoms with Crippen molar-refractivity contribution in [3.05, 3.63) is 59.1 Å². The summed E-state index contributed by atoms with van der Waals surface area (Å²) in [4.78, 5) is 77.1. The van der Waals surface area contributed by atoms with Crippen LogP contribution in [0.25, 0.3) is 5.65 Å². The van der Waals surface area contributed by atoms with Crippen molar-refractivity contribution in [3.63, 3.8) is 0 Å². The summed E-state index contributed by atoms with van der Waals surface area (Å²) in [5.41, 5.74) is -1.03. The van der Waals surface area contributed by atoms with Gasteiger partial charge in [-0.05, 0) is 75.7 Å². The van der Waals surface area contributed by atoms with E-state index < -0.39 is 62.3 Å². The number of aromatic nitrogens is 2. The van der Waals surface area contributed by atoms with E-state index in [1.807, 2.05) is 12.2 Å². The molecule has 4 fully saturated rings. The average Bonchev–Trinajstić information content (AvgIpc) is 4.11. The highest BCUT2D eigenvalue weighted by Crippen LogP contribution is 2.57. The van der Waals surface area contributed by atoms with Gasteiger partial charge in [-0.2, -0.15) is 4.98 Å². The zero-order valence-corrected chi connectivity index (χ0v) is 35.1. The number of amides is 2. The number of hydrogen-bond donors (Lipinski definition) is 1. The number of methoxy groups -OCH3 is 1. The van der Waals surface area contributed by atoms with Gasteiger partial charge in [0.1, 0.15) is 23.6 Å². The van der Waals surface area contributed by atoms with E-state index in [0.29, 0.717) is 42.6 Å². The number of carbonyl (C=O) groups is 4. The molecule has 14 nitrogen and oxygen atoms in total. The third-order valence-electron chi connectivity index (χ3n) is 13.1. The molecule has 1 N–H and O–H groups in total. The van der Waals surface area contributed by atoms with Crippen LogP contribution in [0.1, 0.15) is 115 Å². The molecule has 1 saturated heterocycles. The van der Waals surface area contributed by atoms with Gasteiger partial charge in [-0.25, -0.2) is 8.42 Å². The minimum Gasteiger partial charge on any atom is -0.497 e. The van der Waals surface area contributed by atoms with Gasteiger partial charge in [-0.15, -0.1) is 6.58 Å². The number of ether oxygens (including phenoxy) is 3. The molecule has 2 aromatic heterocycles. The molecule has 320 valence electrons. The molecule has 2 amide bonds. The van der Waals surface area contributed by atoms with Crippen molar-refractivity contribution in [2.75, 3.05) is 13.7 Å². The summed E-state index contributed by atoms with van der Waals surface area (Å²) in [6.45, 7) is 5.91. The second-order valence-corrected chi connectivity index (χ2v) is 19.2. The van der Waals surface area contributed by atoms with Gasteiger partial charge in [0.2, 0.25) is 27.7 Å². The van der Waals surface area contributed by atoms with Gasteiger partial charge in [-0.1, -0.05) is 50.8 Å². The van der Waals surface area contributed by atoms with E-state index in [0.717, 1.165) is 51.4 Å². The Morgan fingerprint density at radius 2 is 1.90 bits per heavy atom. The van der Waals surface area contributed by atoms with E-state index >= 15 is 0 Å². The second-order valence-electron chi connectivity index (χ2n) is 17.2. The van der Waals surface area contributed by atoms with E-state index in [9.17, 15) is 32.4 Å². The third kappa shape index (κ3) is 9.44. The van der Waals surface area contributed by atoms with Gasteiger partial charge in [0.25, 0.3) is 5.56 Å². The number of unbranched alkanes of at least 4 members (excludes halogenated alkanes) is 3. The van der Waals surface area contributed by atoms with Gasteiger partial charge < -0.3 is 19.1 Å². The number of nitrogens with one attached hydrogen (secondary N) is 1. The van der Waals surface area contributed by atoms with E-state index in [4.69, 9.17) is 19.2 Å². The lowest BCUT2D eigenvalue weighted by Gasteiger charge is -2.29. The van der Waals surface area contributed by atoms with Crippen LogP contribution in [-0.2, 0) is 40.4 Å². The van der Waals surface area contributed by atoms with Crippen molar-refractivity contribution in [1.82, 2.24) is 19.0 Å². The summed E-state index contributed by atoms with van der Waals surface area (Å²) < 4.78 is 47.4. The largest absolute Gasteiger partial charge is 0.497 e. The van der Waals surface area contributed by atoms with Gasteiger partial charge >= 0.3 is 5.97 Å². The number of ketones is 1. The Morgan fingerprint density at radius 3 is 2.63 bits per heavy atom. The summed E-state index contributed by atoms with van der Waals surface area (Å²) in [6, 6.07) is 2.25. The Balaban J connectivity index is 1.24. The highest BCUT2D eigenvalue weighted by atomic mass is 32.2. The maximum absolute atomic E-state index is 14.8. The molecule has 2 aromatic rings. The molecule has 0 radical (unpaired) electrons. The number of esters is 1. The summed E-state index contributed by atoms with van der Waals surface area (Å²) in [5, 5.41) is -0.627. The molecule has 59 heavy (non-hydrogen) atoms. The first-order chi connectivity index (χ1) is 28.4. The van der Waals surface area contributed by atoms with Gasteiger partial charge in [0.05, 0.1) is 42.3 Å². The highest BCUT2D eigenvalue weighted by Gasteiger charge is 2.61. The number of sulfonamides is 1. The molecule has 4 heterocycles. The molecule has 0 aromatic carbocycles. The van der Waals surface area contributed by atoms with Crippen LogP contribution in [0.3, 0.4) is 0 Å². The van der Waals surface area contributed by atoms with Gasteiger partial charge in [0, 0.05) is 37.4 Å². The van der Waals surface area contributed by atoms with Crippen LogP contribution in [0.5, 0.6) is 11.6 Å². The number of pyridine rings is 1.